The highest BCUT2D eigenvalue weighted by molar-refractivity contribution is 6.28. The lowest BCUT2D eigenvalue weighted by Gasteiger charge is -2.10. The highest BCUT2D eigenvalue weighted by atomic mass is 16.6. The van der Waals surface area contributed by atoms with Crippen LogP contribution in [0.3, 0.4) is 0 Å². The van der Waals surface area contributed by atoms with Crippen LogP contribution in [-0.4, -0.2) is 31.1 Å². The number of carbonyl (C=O) groups excluding carboxylic acids is 1. The molecule has 0 spiro atoms. The number of aliphatic carboxylic acids is 1. The van der Waals surface area contributed by atoms with Crippen molar-refractivity contribution in [2.75, 3.05) is 19.0 Å². The number of benzene rings is 2. The molecule has 2 rings (SSSR count). The lowest BCUT2D eigenvalue weighted by atomic mass is 10.2. The Hall–Kier alpha value is -2.82. The zero-order chi connectivity index (χ0) is 16.4. The number of carbonyl (C=O) groups is 2. The number of hydrogen-bond donors (Lipinski definition) is 1. The van der Waals surface area contributed by atoms with Crippen LogP contribution in [0.2, 0.25) is 0 Å². The van der Waals surface area contributed by atoms with Crippen LogP contribution >= 0.6 is 0 Å². The molecule has 5 nitrogen and oxygen atoms in total. The highest BCUT2D eigenvalue weighted by Gasteiger charge is 2.12. The van der Waals surface area contributed by atoms with Crippen molar-refractivity contribution in [2.45, 2.75) is 6.61 Å². The van der Waals surface area contributed by atoms with Crippen LogP contribution in [0.4, 0.5) is 5.69 Å². The summed E-state index contributed by atoms with van der Waals surface area (Å²) in [5.41, 5.74) is 2.01. The average Bonchev–Trinajstić information content (AvgIpc) is 2.55. The summed E-state index contributed by atoms with van der Waals surface area (Å²) < 4.78 is 4.45. The molecule has 0 saturated carbocycles. The Labute approximate surface area is 129 Å². The summed E-state index contributed by atoms with van der Waals surface area (Å²) in [6.07, 6.45) is 0. The van der Waals surface area contributed by atoms with Gasteiger partial charge in [-0.15, -0.1) is 0 Å². The molecule has 22 heavy (non-hydrogen) atoms. The van der Waals surface area contributed by atoms with Crippen molar-refractivity contribution in [3.05, 3.63) is 66.2 Å². The summed E-state index contributed by atoms with van der Waals surface area (Å²) >= 11 is 0. The molecule has 1 N–H and O–H groups in total. The molecule has 0 unspecified atom stereocenters. The van der Waals surface area contributed by atoms with Gasteiger partial charge in [0.2, 0.25) is 0 Å². The predicted octanol–water partition coefficient (Wildman–Crippen LogP) is 2.57. The number of esters is 1. The zero-order valence-corrected chi connectivity index (χ0v) is 12.6. The van der Waals surface area contributed by atoms with Gasteiger partial charge in [-0.2, -0.15) is 0 Å². The fraction of sp³-hybridized carbons (Fsp3) is 0.176. The minimum absolute atomic E-state index is 0.00796. The molecule has 0 amide bonds. The van der Waals surface area contributed by atoms with Gasteiger partial charge < -0.3 is 14.7 Å². The van der Waals surface area contributed by atoms with Gasteiger partial charge in [0.05, 0.1) is 0 Å². The topological polar surface area (TPSA) is 66.8 Å². The van der Waals surface area contributed by atoms with Crippen LogP contribution in [0.15, 0.2) is 60.7 Å². The van der Waals surface area contributed by atoms with Gasteiger partial charge >= 0.3 is 11.9 Å². The first-order valence-electron chi connectivity index (χ1n) is 6.67. The summed E-state index contributed by atoms with van der Waals surface area (Å²) in [5.74, 6) is -2.81. The summed E-state index contributed by atoms with van der Waals surface area (Å²) in [4.78, 5) is 22.6. The average molecular weight is 301 g/mol. The smallest absolute Gasteiger partial charge is 0.417 e. The second-order valence-electron chi connectivity index (χ2n) is 4.60. The van der Waals surface area contributed by atoms with Gasteiger partial charge in [-0.25, -0.2) is 9.59 Å². The van der Waals surface area contributed by atoms with E-state index in [4.69, 9.17) is 5.11 Å². The monoisotopic (exact) mass is 301 g/mol. The van der Waals surface area contributed by atoms with Crippen molar-refractivity contribution in [1.29, 1.82) is 0 Å². The van der Waals surface area contributed by atoms with E-state index in [0.717, 1.165) is 5.56 Å². The third-order valence-corrected chi connectivity index (χ3v) is 2.66. The molecule has 0 bridgehead atoms. The Morgan fingerprint density at radius 3 is 1.86 bits per heavy atom. The molecule has 0 heterocycles. The summed E-state index contributed by atoms with van der Waals surface area (Å²) in [6, 6.07) is 19.1. The van der Waals surface area contributed by atoms with Crippen molar-refractivity contribution in [2.24, 2.45) is 0 Å². The molecular weight excluding hydrogens is 282 g/mol. The Morgan fingerprint density at radius 1 is 0.955 bits per heavy atom. The summed E-state index contributed by atoms with van der Waals surface area (Å²) in [5, 5.41) is 8.19. The molecule has 0 aliphatic rings. The molecule has 0 aromatic heterocycles. The van der Waals surface area contributed by atoms with Crippen molar-refractivity contribution in [3.8, 4) is 0 Å². The third-order valence-electron chi connectivity index (χ3n) is 2.66. The second kappa shape index (κ2) is 9.18. The van der Waals surface area contributed by atoms with Crippen LogP contribution in [0.25, 0.3) is 0 Å². The maximum atomic E-state index is 10.5. The number of anilines is 1. The number of para-hydroxylation sites is 1. The first kappa shape index (κ1) is 17.2. The van der Waals surface area contributed by atoms with Gasteiger partial charge in [0.15, 0.2) is 0 Å². The van der Waals surface area contributed by atoms with E-state index in [1.165, 1.54) is 5.69 Å². The van der Waals surface area contributed by atoms with Gasteiger partial charge in [-0.05, 0) is 17.7 Å². The molecule has 2 aromatic carbocycles. The van der Waals surface area contributed by atoms with Gasteiger partial charge in [-0.3, -0.25) is 0 Å². The van der Waals surface area contributed by atoms with Gasteiger partial charge in [0, 0.05) is 19.8 Å². The van der Waals surface area contributed by atoms with E-state index in [0.29, 0.717) is 0 Å². The Bertz CT molecular complexity index is 582. The van der Waals surface area contributed by atoms with Crippen LogP contribution in [0.5, 0.6) is 0 Å². The Morgan fingerprint density at radius 2 is 1.45 bits per heavy atom. The van der Waals surface area contributed by atoms with E-state index in [2.05, 4.69) is 21.8 Å². The van der Waals surface area contributed by atoms with Crippen molar-refractivity contribution in [1.82, 2.24) is 0 Å². The Kier molecular flexibility index (Phi) is 7.19. The molecule has 0 aliphatic carbocycles. The second-order valence-corrected chi connectivity index (χ2v) is 4.60. The van der Waals surface area contributed by atoms with Gasteiger partial charge in [-0.1, -0.05) is 48.5 Å². The standard InChI is InChI=1S/C9H8O4.C8H11N/c10-8(11)9(12)13-6-7-4-2-1-3-5-7;1-9(2)8-6-4-3-5-7-8/h1-5H,6H2,(H,10,11);3-7H,1-2H3. The van der Waals surface area contributed by atoms with Gasteiger partial charge in [0.25, 0.3) is 0 Å². The number of carboxylic acid groups (broad SMARTS) is 1. The fourth-order valence-electron chi connectivity index (χ4n) is 1.51. The summed E-state index contributed by atoms with van der Waals surface area (Å²) in [7, 11) is 4.07. The third kappa shape index (κ3) is 6.56. The van der Waals surface area contributed by atoms with E-state index >= 15 is 0 Å². The van der Waals surface area contributed by atoms with E-state index < -0.39 is 11.9 Å². The molecule has 0 fully saturated rings. The molecule has 0 atom stereocenters. The number of ether oxygens (including phenoxy) is 1. The van der Waals surface area contributed by atoms with E-state index in [9.17, 15) is 9.59 Å². The quantitative estimate of drug-likeness (QED) is 0.697. The summed E-state index contributed by atoms with van der Waals surface area (Å²) in [6.45, 7) is -0.00796. The molecule has 0 saturated heterocycles. The molecule has 5 heteroatoms. The molecule has 2 aromatic rings. The van der Waals surface area contributed by atoms with E-state index in [-0.39, 0.29) is 6.61 Å². The van der Waals surface area contributed by atoms with E-state index in [1.54, 1.807) is 24.3 Å². The Balaban J connectivity index is 0.000000235. The van der Waals surface area contributed by atoms with Crippen molar-refractivity contribution >= 4 is 17.6 Å². The largest absolute Gasteiger partial charge is 0.473 e. The lowest BCUT2D eigenvalue weighted by molar-refractivity contribution is -0.164. The van der Waals surface area contributed by atoms with E-state index in [1.807, 2.05) is 38.4 Å². The van der Waals surface area contributed by atoms with Crippen molar-refractivity contribution in [3.63, 3.8) is 0 Å². The number of carboxylic acids is 1. The molecular formula is C17H19NO4. The normalized spacial score (nSPS) is 9.18. The first-order valence-corrected chi connectivity index (χ1v) is 6.67. The highest BCUT2D eigenvalue weighted by Crippen LogP contribution is 2.07. The fourth-order valence-corrected chi connectivity index (χ4v) is 1.51. The van der Waals surface area contributed by atoms with Crippen LogP contribution in [0.1, 0.15) is 5.56 Å². The maximum absolute atomic E-state index is 10.5. The van der Waals surface area contributed by atoms with Crippen LogP contribution in [-0.2, 0) is 20.9 Å². The number of nitrogens with zero attached hydrogens (tertiary/aromatic N) is 1. The minimum atomic E-state index is -1.57. The number of rotatable bonds is 3. The number of hydrogen-bond acceptors (Lipinski definition) is 4. The molecule has 0 aliphatic heterocycles. The van der Waals surface area contributed by atoms with Gasteiger partial charge in [0.1, 0.15) is 6.61 Å². The molecule has 116 valence electrons. The zero-order valence-electron chi connectivity index (χ0n) is 12.6. The predicted molar refractivity (Wildman–Crippen MR) is 84.6 cm³/mol. The minimum Gasteiger partial charge on any atom is -0.473 e. The van der Waals surface area contributed by atoms with Crippen LogP contribution in [0, 0.1) is 0 Å². The van der Waals surface area contributed by atoms with Crippen molar-refractivity contribution < 1.29 is 19.4 Å². The molecule has 0 radical (unpaired) electrons. The lowest BCUT2D eigenvalue weighted by Crippen LogP contribution is -2.15. The maximum Gasteiger partial charge on any atom is 0.417 e. The SMILES string of the molecule is CN(C)c1ccccc1.O=C(O)C(=O)OCc1ccccc1. The first-order chi connectivity index (χ1) is 10.5. The van der Waals surface area contributed by atoms with Crippen LogP contribution < -0.4 is 4.90 Å².